The number of benzene rings is 2. The summed E-state index contributed by atoms with van der Waals surface area (Å²) < 4.78 is 0. The molecule has 0 fully saturated rings. The second-order valence-corrected chi connectivity index (χ2v) is 5.29. The second kappa shape index (κ2) is 4.58. The zero-order valence-electron chi connectivity index (χ0n) is 9.74. The minimum atomic E-state index is -0.145. The molecule has 0 amide bonds. The molecule has 0 unspecified atom stereocenters. The summed E-state index contributed by atoms with van der Waals surface area (Å²) >= 11 is 9.43. The van der Waals surface area contributed by atoms with Crippen molar-refractivity contribution in [2.45, 2.75) is 5.33 Å². The number of fused-ring (bicyclic) bond motifs is 2. The van der Waals surface area contributed by atoms with Crippen LogP contribution in [0.1, 0.15) is 37.4 Å². The summed E-state index contributed by atoms with van der Waals surface area (Å²) in [7, 11) is 0. The summed E-state index contributed by atoms with van der Waals surface area (Å²) in [6, 6.07) is 10.2. The van der Waals surface area contributed by atoms with Gasteiger partial charge < -0.3 is 0 Å². The Labute approximate surface area is 123 Å². The van der Waals surface area contributed by atoms with Crippen molar-refractivity contribution in [2.24, 2.45) is 0 Å². The third kappa shape index (κ3) is 1.85. The van der Waals surface area contributed by atoms with Crippen LogP contribution in [0.3, 0.4) is 0 Å². The maximum Gasteiger partial charge on any atom is 0.194 e. The van der Waals surface area contributed by atoms with Crippen molar-refractivity contribution in [2.75, 3.05) is 0 Å². The van der Waals surface area contributed by atoms with Gasteiger partial charge in [-0.1, -0.05) is 51.8 Å². The van der Waals surface area contributed by atoms with E-state index < -0.39 is 0 Å². The summed E-state index contributed by atoms with van der Waals surface area (Å²) in [5.74, 6) is -0.266. The van der Waals surface area contributed by atoms with E-state index in [0.29, 0.717) is 32.6 Å². The Morgan fingerprint density at radius 2 is 1.42 bits per heavy atom. The van der Waals surface area contributed by atoms with E-state index in [-0.39, 0.29) is 11.6 Å². The third-order valence-corrected chi connectivity index (χ3v) is 4.19. The lowest BCUT2D eigenvalue weighted by Crippen LogP contribution is -2.21. The second-order valence-electron chi connectivity index (χ2n) is 4.33. The lowest BCUT2D eigenvalue weighted by molar-refractivity contribution is 0.0979. The molecule has 0 saturated carbocycles. The highest BCUT2D eigenvalue weighted by molar-refractivity contribution is 9.08. The minimum Gasteiger partial charge on any atom is -0.289 e. The first-order valence-electron chi connectivity index (χ1n) is 5.70. The number of halogens is 2. The van der Waals surface area contributed by atoms with E-state index in [0.717, 1.165) is 5.56 Å². The van der Waals surface area contributed by atoms with Gasteiger partial charge in [-0.15, -0.1) is 0 Å². The van der Waals surface area contributed by atoms with Crippen LogP contribution in [-0.4, -0.2) is 11.6 Å². The Morgan fingerprint density at radius 3 is 1.95 bits per heavy atom. The Hall–Kier alpha value is -1.45. The summed E-state index contributed by atoms with van der Waals surface area (Å²) in [5.41, 5.74) is 2.53. The van der Waals surface area contributed by atoms with Gasteiger partial charge in [0.2, 0.25) is 0 Å². The van der Waals surface area contributed by atoms with Crippen molar-refractivity contribution >= 4 is 39.1 Å². The largest absolute Gasteiger partial charge is 0.289 e. The van der Waals surface area contributed by atoms with E-state index in [2.05, 4.69) is 15.9 Å². The van der Waals surface area contributed by atoms with E-state index in [4.69, 9.17) is 11.6 Å². The molecule has 0 saturated heterocycles. The maximum absolute atomic E-state index is 12.4. The van der Waals surface area contributed by atoms with Gasteiger partial charge in [0.15, 0.2) is 11.6 Å². The molecule has 3 rings (SSSR count). The fraction of sp³-hybridized carbons (Fsp3) is 0.0667. The standard InChI is InChI=1S/C15H8BrClO2/c16-7-8-5-11-12(6-13(8)17)15(19)10-4-2-1-3-9(10)14(11)18/h1-6H,7H2. The number of hydrogen-bond donors (Lipinski definition) is 0. The number of hydrogen-bond acceptors (Lipinski definition) is 2. The number of ketones is 2. The molecule has 0 spiro atoms. The molecule has 2 nitrogen and oxygen atoms in total. The van der Waals surface area contributed by atoms with Gasteiger partial charge in [0.25, 0.3) is 0 Å². The van der Waals surface area contributed by atoms with Gasteiger partial charge in [0, 0.05) is 32.6 Å². The van der Waals surface area contributed by atoms with Crippen LogP contribution in [0, 0.1) is 0 Å². The van der Waals surface area contributed by atoms with E-state index in [9.17, 15) is 9.59 Å². The molecule has 94 valence electrons. The van der Waals surface area contributed by atoms with Gasteiger partial charge in [0.05, 0.1) is 0 Å². The summed E-state index contributed by atoms with van der Waals surface area (Å²) in [5, 5.41) is 1.04. The molecule has 2 aromatic carbocycles. The normalized spacial score (nSPS) is 13.2. The van der Waals surface area contributed by atoms with Crippen molar-refractivity contribution in [3.8, 4) is 0 Å². The van der Waals surface area contributed by atoms with Crippen LogP contribution in [0.5, 0.6) is 0 Å². The van der Waals surface area contributed by atoms with Crippen LogP contribution in [0.25, 0.3) is 0 Å². The Morgan fingerprint density at radius 1 is 0.895 bits per heavy atom. The molecule has 1 aliphatic carbocycles. The SMILES string of the molecule is O=C1c2ccccc2C(=O)c2cc(CBr)c(Cl)cc21. The number of alkyl halides is 1. The van der Waals surface area contributed by atoms with Crippen molar-refractivity contribution in [3.05, 3.63) is 69.2 Å². The number of carbonyl (C=O) groups excluding carboxylic acids is 2. The molecule has 0 heterocycles. The van der Waals surface area contributed by atoms with Crippen LogP contribution in [0.15, 0.2) is 36.4 Å². The summed E-state index contributed by atoms with van der Waals surface area (Å²) in [4.78, 5) is 24.8. The lowest BCUT2D eigenvalue weighted by Gasteiger charge is -2.18. The monoisotopic (exact) mass is 334 g/mol. The van der Waals surface area contributed by atoms with Crippen molar-refractivity contribution < 1.29 is 9.59 Å². The van der Waals surface area contributed by atoms with Gasteiger partial charge in [-0.05, 0) is 17.7 Å². The molecular weight excluding hydrogens is 328 g/mol. The fourth-order valence-electron chi connectivity index (χ4n) is 2.27. The van der Waals surface area contributed by atoms with Crippen molar-refractivity contribution in [1.29, 1.82) is 0 Å². The van der Waals surface area contributed by atoms with Crippen LogP contribution < -0.4 is 0 Å². The minimum absolute atomic E-state index is 0.121. The van der Waals surface area contributed by atoms with Gasteiger partial charge in [0.1, 0.15) is 0 Å². The molecule has 0 N–H and O–H groups in total. The Balaban J connectivity index is 2.30. The first-order valence-corrected chi connectivity index (χ1v) is 7.20. The molecule has 0 bridgehead atoms. The van der Waals surface area contributed by atoms with Crippen LogP contribution in [0.2, 0.25) is 5.02 Å². The van der Waals surface area contributed by atoms with Gasteiger partial charge >= 0.3 is 0 Å². The van der Waals surface area contributed by atoms with Crippen LogP contribution in [-0.2, 0) is 5.33 Å². The Bertz CT molecular complexity index is 722. The predicted molar refractivity (Wildman–Crippen MR) is 77.4 cm³/mol. The molecule has 4 heteroatoms. The third-order valence-electron chi connectivity index (χ3n) is 3.24. The van der Waals surface area contributed by atoms with E-state index in [1.807, 2.05) is 0 Å². The molecule has 0 aliphatic heterocycles. The van der Waals surface area contributed by atoms with Crippen LogP contribution in [0.4, 0.5) is 0 Å². The summed E-state index contributed by atoms with van der Waals surface area (Å²) in [6.07, 6.45) is 0. The zero-order chi connectivity index (χ0) is 13.6. The zero-order valence-corrected chi connectivity index (χ0v) is 12.1. The molecular formula is C15H8BrClO2. The molecule has 1 aliphatic rings. The average molecular weight is 336 g/mol. The molecule has 0 aromatic heterocycles. The number of rotatable bonds is 1. The van der Waals surface area contributed by atoms with Gasteiger partial charge in [-0.25, -0.2) is 0 Å². The quantitative estimate of drug-likeness (QED) is 0.630. The van der Waals surface area contributed by atoms with Gasteiger partial charge in [-0.2, -0.15) is 0 Å². The van der Waals surface area contributed by atoms with E-state index in [1.165, 1.54) is 0 Å². The summed E-state index contributed by atoms with van der Waals surface area (Å²) in [6.45, 7) is 0. The van der Waals surface area contributed by atoms with Crippen molar-refractivity contribution in [3.63, 3.8) is 0 Å². The van der Waals surface area contributed by atoms with Crippen LogP contribution >= 0.6 is 27.5 Å². The lowest BCUT2D eigenvalue weighted by atomic mass is 9.83. The maximum atomic E-state index is 12.4. The van der Waals surface area contributed by atoms with Crippen molar-refractivity contribution in [1.82, 2.24) is 0 Å². The highest BCUT2D eigenvalue weighted by Gasteiger charge is 2.30. The first-order chi connectivity index (χ1) is 9.13. The number of carbonyl (C=O) groups is 2. The molecule has 19 heavy (non-hydrogen) atoms. The molecule has 2 aromatic rings. The van der Waals surface area contributed by atoms with Gasteiger partial charge in [-0.3, -0.25) is 9.59 Å². The average Bonchev–Trinajstić information content (AvgIpc) is 2.44. The highest BCUT2D eigenvalue weighted by atomic mass is 79.9. The predicted octanol–water partition coefficient (Wildman–Crippen LogP) is 4.01. The topological polar surface area (TPSA) is 34.1 Å². The first kappa shape index (κ1) is 12.6. The van der Waals surface area contributed by atoms with E-state index >= 15 is 0 Å². The molecule has 0 atom stereocenters. The van der Waals surface area contributed by atoms with E-state index in [1.54, 1.807) is 36.4 Å². The Kier molecular flexibility index (Phi) is 3.03. The molecule has 0 radical (unpaired) electrons. The fourth-order valence-corrected chi connectivity index (χ4v) is 3.12. The smallest absolute Gasteiger partial charge is 0.194 e. The highest BCUT2D eigenvalue weighted by Crippen LogP contribution is 2.31.